The van der Waals surface area contributed by atoms with Crippen LogP contribution in [0.15, 0.2) is 53.4 Å². The van der Waals surface area contributed by atoms with E-state index in [1.165, 1.54) is 23.2 Å². The van der Waals surface area contributed by atoms with Crippen LogP contribution in [0.5, 0.6) is 11.5 Å². The van der Waals surface area contributed by atoms with Gasteiger partial charge in [-0.2, -0.15) is 0 Å². The summed E-state index contributed by atoms with van der Waals surface area (Å²) in [7, 11) is -4.04. The number of hydrogen-bond acceptors (Lipinski definition) is 7. The molecular formula is C22H27NO7S. The number of carbonyl (C=O) groups excluding carboxylic acids is 1. The fourth-order valence-electron chi connectivity index (χ4n) is 3.43. The van der Waals surface area contributed by atoms with Crippen LogP contribution in [0.3, 0.4) is 0 Å². The molecule has 2 N–H and O–H groups in total. The molecule has 0 aliphatic carbocycles. The van der Waals surface area contributed by atoms with Crippen LogP contribution < -0.4 is 15.0 Å². The van der Waals surface area contributed by atoms with Gasteiger partial charge in [0.2, 0.25) is 0 Å². The number of ether oxygens (including phenoxy) is 3. The van der Waals surface area contributed by atoms with Gasteiger partial charge in [-0.25, -0.2) is 13.9 Å². The van der Waals surface area contributed by atoms with E-state index in [1.54, 1.807) is 12.1 Å². The number of amides is 1. The van der Waals surface area contributed by atoms with Crippen LogP contribution in [-0.2, 0) is 19.4 Å². The Kier molecular flexibility index (Phi) is 7.53. The van der Waals surface area contributed by atoms with Crippen molar-refractivity contribution >= 4 is 15.7 Å². The van der Waals surface area contributed by atoms with E-state index in [4.69, 9.17) is 19.4 Å². The van der Waals surface area contributed by atoms with Crippen molar-refractivity contribution in [3.05, 3.63) is 54.1 Å². The molecular weight excluding hydrogens is 422 g/mol. The van der Waals surface area contributed by atoms with Gasteiger partial charge in [0.25, 0.3) is 5.91 Å². The normalized spacial score (nSPS) is 15.8. The van der Waals surface area contributed by atoms with Gasteiger partial charge in [-0.1, -0.05) is 17.7 Å². The highest BCUT2D eigenvalue weighted by molar-refractivity contribution is 7.93. The quantitative estimate of drug-likeness (QED) is 0.344. The second-order valence-corrected chi connectivity index (χ2v) is 9.65. The molecule has 0 bridgehead atoms. The summed E-state index contributed by atoms with van der Waals surface area (Å²) in [6.07, 6.45) is 0.607. The maximum absolute atomic E-state index is 13.2. The maximum atomic E-state index is 13.2. The minimum absolute atomic E-state index is 0.00643. The maximum Gasteiger partial charge on any atom is 0.265 e. The number of benzene rings is 2. The van der Waals surface area contributed by atoms with E-state index in [-0.39, 0.29) is 31.0 Å². The molecule has 2 aromatic carbocycles. The van der Waals surface area contributed by atoms with Crippen LogP contribution in [0.4, 0.5) is 0 Å². The summed E-state index contributed by atoms with van der Waals surface area (Å²) in [6.45, 7) is 3.17. The molecule has 9 heteroatoms. The van der Waals surface area contributed by atoms with Gasteiger partial charge in [-0.15, -0.1) is 0 Å². The molecule has 2 aromatic rings. The van der Waals surface area contributed by atoms with E-state index in [2.05, 4.69) is 0 Å². The van der Waals surface area contributed by atoms with Crippen LogP contribution in [0.2, 0.25) is 0 Å². The Morgan fingerprint density at radius 3 is 2.03 bits per heavy atom. The first-order chi connectivity index (χ1) is 14.9. The smallest absolute Gasteiger partial charge is 0.265 e. The average Bonchev–Trinajstić information content (AvgIpc) is 2.80. The third kappa shape index (κ3) is 5.17. The molecule has 0 saturated carbocycles. The number of hydrogen-bond donors (Lipinski definition) is 2. The Bertz CT molecular complexity index is 966. The Hall–Kier alpha value is -2.62. The van der Waals surface area contributed by atoms with Crippen LogP contribution in [0, 0.1) is 6.92 Å². The Balaban J connectivity index is 1.57. The summed E-state index contributed by atoms with van der Waals surface area (Å²) in [6, 6.07) is 13.7. The first-order valence-corrected chi connectivity index (χ1v) is 11.6. The Morgan fingerprint density at radius 1 is 1.00 bits per heavy atom. The van der Waals surface area contributed by atoms with Crippen LogP contribution in [0.1, 0.15) is 24.8 Å². The van der Waals surface area contributed by atoms with Crippen LogP contribution >= 0.6 is 0 Å². The zero-order chi connectivity index (χ0) is 22.3. The topological polar surface area (TPSA) is 111 Å². The van der Waals surface area contributed by atoms with E-state index in [9.17, 15) is 13.2 Å². The van der Waals surface area contributed by atoms with Crippen molar-refractivity contribution in [2.75, 3.05) is 26.4 Å². The fraction of sp³-hybridized carbons (Fsp3) is 0.409. The highest BCUT2D eigenvalue weighted by Crippen LogP contribution is 2.35. The molecule has 1 fully saturated rings. The van der Waals surface area contributed by atoms with Gasteiger partial charge in [0.15, 0.2) is 14.6 Å². The number of nitrogens with one attached hydrogen (secondary N) is 1. The average molecular weight is 450 g/mol. The SMILES string of the molecule is Cc1ccc(OCCCOc2ccc(S(=O)(=O)C3(C(=O)NO)CCOCC3)cc2)cc1. The van der Waals surface area contributed by atoms with Crippen molar-refractivity contribution in [2.24, 2.45) is 0 Å². The first-order valence-electron chi connectivity index (χ1n) is 10.1. The highest BCUT2D eigenvalue weighted by Gasteiger charge is 2.52. The lowest BCUT2D eigenvalue weighted by Gasteiger charge is -2.34. The van der Waals surface area contributed by atoms with Crippen molar-refractivity contribution in [1.29, 1.82) is 0 Å². The minimum Gasteiger partial charge on any atom is -0.493 e. The minimum atomic E-state index is -4.04. The number of carbonyl (C=O) groups is 1. The van der Waals surface area contributed by atoms with Gasteiger partial charge in [0.1, 0.15) is 11.5 Å². The summed E-state index contributed by atoms with van der Waals surface area (Å²) in [5.74, 6) is 0.376. The standard InChI is InChI=1S/C22H27NO7S/c1-17-3-5-18(6-4-17)29-13-2-14-30-19-7-9-20(10-8-19)31(26,27)22(21(24)23-25)11-15-28-16-12-22/h3-10,25H,2,11-16H2,1H3,(H,23,24). The van der Waals surface area contributed by atoms with Crippen molar-refractivity contribution in [2.45, 2.75) is 35.8 Å². The largest absolute Gasteiger partial charge is 0.493 e. The van der Waals surface area contributed by atoms with Gasteiger partial charge < -0.3 is 14.2 Å². The summed E-state index contributed by atoms with van der Waals surface area (Å²) >= 11 is 0. The third-order valence-corrected chi connectivity index (χ3v) is 7.83. The van der Waals surface area contributed by atoms with E-state index in [1.807, 2.05) is 31.2 Å². The number of sulfone groups is 1. The molecule has 1 saturated heterocycles. The van der Waals surface area contributed by atoms with Crippen molar-refractivity contribution < 1.29 is 32.6 Å². The molecule has 1 amide bonds. The second kappa shape index (κ2) is 10.1. The highest BCUT2D eigenvalue weighted by atomic mass is 32.2. The van der Waals surface area contributed by atoms with Gasteiger partial charge in [0, 0.05) is 19.6 Å². The molecule has 0 spiro atoms. The van der Waals surface area contributed by atoms with Gasteiger partial charge in [-0.3, -0.25) is 10.0 Å². The molecule has 8 nitrogen and oxygen atoms in total. The second-order valence-electron chi connectivity index (χ2n) is 7.39. The van der Waals surface area contributed by atoms with E-state index >= 15 is 0 Å². The Morgan fingerprint density at radius 2 is 1.52 bits per heavy atom. The summed E-state index contributed by atoms with van der Waals surface area (Å²) < 4.78 is 41.1. The van der Waals surface area contributed by atoms with Crippen molar-refractivity contribution in [3.63, 3.8) is 0 Å². The van der Waals surface area contributed by atoms with Gasteiger partial charge in [0.05, 0.1) is 18.1 Å². The molecule has 0 aromatic heterocycles. The third-order valence-electron chi connectivity index (χ3n) is 5.31. The molecule has 31 heavy (non-hydrogen) atoms. The van der Waals surface area contributed by atoms with E-state index < -0.39 is 20.5 Å². The van der Waals surface area contributed by atoms with E-state index in [0.29, 0.717) is 25.4 Å². The first kappa shape index (κ1) is 23.1. The molecule has 1 aliphatic heterocycles. The summed E-state index contributed by atoms with van der Waals surface area (Å²) in [5.41, 5.74) is 2.67. The monoisotopic (exact) mass is 449 g/mol. The number of hydroxylamine groups is 1. The van der Waals surface area contributed by atoms with Crippen molar-refractivity contribution in [1.82, 2.24) is 5.48 Å². The molecule has 3 rings (SSSR count). The zero-order valence-electron chi connectivity index (χ0n) is 17.4. The fourth-order valence-corrected chi connectivity index (χ4v) is 5.37. The molecule has 168 valence electrons. The van der Waals surface area contributed by atoms with Crippen molar-refractivity contribution in [3.8, 4) is 11.5 Å². The molecule has 1 heterocycles. The lowest BCUT2D eigenvalue weighted by molar-refractivity contribution is -0.134. The Labute approximate surface area is 182 Å². The molecule has 0 atom stereocenters. The molecule has 0 unspecified atom stereocenters. The van der Waals surface area contributed by atoms with Gasteiger partial charge >= 0.3 is 0 Å². The molecule has 1 aliphatic rings. The number of aryl methyl sites for hydroxylation is 1. The van der Waals surface area contributed by atoms with Crippen LogP contribution in [-0.4, -0.2) is 50.7 Å². The predicted octanol–water partition coefficient (Wildman–Crippen LogP) is 2.67. The number of rotatable bonds is 9. The summed E-state index contributed by atoms with van der Waals surface area (Å²) in [4.78, 5) is 12.3. The lowest BCUT2D eigenvalue weighted by Crippen LogP contribution is -2.54. The predicted molar refractivity (Wildman–Crippen MR) is 113 cm³/mol. The van der Waals surface area contributed by atoms with Gasteiger partial charge in [-0.05, 0) is 56.2 Å². The lowest BCUT2D eigenvalue weighted by atomic mass is 9.98. The van der Waals surface area contributed by atoms with E-state index in [0.717, 1.165) is 5.75 Å². The zero-order valence-corrected chi connectivity index (χ0v) is 18.2. The summed E-state index contributed by atoms with van der Waals surface area (Å²) in [5, 5.41) is 9.10. The molecule has 0 radical (unpaired) electrons. The van der Waals surface area contributed by atoms with Crippen LogP contribution in [0.25, 0.3) is 0 Å².